The van der Waals surface area contributed by atoms with Crippen LogP contribution < -0.4 is 10.5 Å². The fourth-order valence-corrected chi connectivity index (χ4v) is 2.06. The third-order valence-electron chi connectivity index (χ3n) is 3.19. The highest BCUT2D eigenvalue weighted by Gasteiger charge is 2.11. The maximum absolute atomic E-state index is 5.92. The summed E-state index contributed by atoms with van der Waals surface area (Å²) in [6.45, 7) is 0. The molecule has 21 heavy (non-hydrogen) atoms. The van der Waals surface area contributed by atoms with Crippen LogP contribution in [0, 0.1) is 0 Å². The normalized spacial score (nSPS) is 10.5. The number of methoxy groups -OCH3 is 1. The van der Waals surface area contributed by atoms with Gasteiger partial charge in [-0.2, -0.15) is 4.98 Å². The molecule has 3 rings (SSSR count). The number of benzene rings is 2. The number of anilines is 1. The summed E-state index contributed by atoms with van der Waals surface area (Å²) in [5.74, 6) is 1.83. The lowest BCUT2D eigenvalue weighted by Gasteiger charge is -2.01. The number of ether oxygens (including phenoxy) is 1. The van der Waals surface area contributed by atoms with E-state index in [0.29, 0.717) is 18.1 Å². The molecule has 0 saturated heterocycles. The predicted molar refractivity (Wildman–Crippen MR) is 79.9 cm³/mol. The Balaban J connectivity index is 1.85. The summed E-state index contributed by atoms with van der Waals surface area (Å²) >= 11 is 0. The molecule has 0 atom stereocenters. The summed E-state index contributed by atoms with van der Waals surface area (Å²) in [5.41, 5.74) is 8.46. The van der Waals surface area contributed by atoms with Crippen molar-refractivity contribution in [3.63, 3.8) is 0 Å². The molecular weight excluding hydrogens is 266 g/mol. The molecule has 2 N–H and O–H groups in total. The molecule has 0 aliphatic rings. The van der Waals surface area contributed by atoms with Crippen molar-refractivity contribution < 1.29 is 9.26 Å². The zero-order valence-corrected chi connectivity index (χ0v) is 11.6. The highest BCUT2D eigenvalue weighted by atomic mass is 16.5. The van der Waals surface area contributed by atoms with E-state index in [1.807, 2.05) is 48.5 Å². The van der Waals surface area contributed by atoms with Crippen molar-refractivity contribution in [1.82, 2.24) is 10.1 Å². The van der Waals surface area contributed by atoms with Crippen LogP contribution >= 0.6 is 0 Å². The lowest BCUT2D eigenvalue weighted by Crippen LogP contribution is -1.95. The Morgan fingerprint density at radius 3 is 2.81 bits per heavy atom. The molecule has 0 aliphatic heterocycles. The summed E-state index contributed by atoms with van der Waals surface area (Å²) in [6, 6.07) is 15.2. The van der Waals surface area contributed by atoms with E-state index in [1.165, 1.54) is 0 Å². The van der Waals surface area contributed by atoms with Gasteiger partial charge in [0.2, 0.25) is 11.7 Å². The van der Waals surface area contributed by atoms with Crippen molar-refractivity contribution in [3.05, 3.63) is 60.0 Å². The topological polar surface area (TPSA) is 74.2 Å². The van der Waals surface area contributed by atoms with Crippen LogP contribution in [0.5, 0.6) is 5.75 Å². The van der Waals surface area contributed by atoms with Gasteiger partial charge in [-0.25, -0.2) is 0 Å². The zero-order valence-electron chi connectivity index (χ0n) is 11.6. The molecule has 0 spiro atoms. The van der Waals surface area contributed by atoms with Crippen molar-refractivity contribution in [2.24, 2.45) is 0 Å². The monoisotopic (exact) mass is 281 g/mol. The highest BCUT2D eigenvalue weighted by molar-refractivity contribution is 5.57. The van der Waals surface area contributed by atoms with Gasteiger partial charge < -0.3 is 15.0 Å². The zero-order chi connectivity index (χ0) is 14.7. The Kier molecular flexibility index (Phi) is 3.55. The van der Waals surface area contributed by atoms with Crippen molar-refractivity contribution in [3.8, 4) is 17.1 Å². The minimum absolute atomic E-state index is 0.518. The first kappa shape index (κ1) is 13.2. The molecular formula is C16H15N3O2. The van der Waals surface area contributed by atoms with Crippen molar-refractivity contribution in [2.75, 3.05) is 12.8 Å². The molecule has 0 bridgehead atoms. The molecule has 0 unspecified atom stereocenters. The van der Waals surface area contributed by atoms with Gasteiger partial charge in [0.15, 0.2) is 0 Å². The van der Waals surface area contributed by atoms with E-state index in [-0.39, 0.29) is 0 Å². The smallest absolute Gasteiger partial charge is 0.231 e. The second-order valence-corrected chi connectivity index (χ2v) is 4.62. The van der Waals surface area contributed by atoms with E-state index in [1.54, 1.807) is 7.11 Å². The Hall–Kier alpha value is -2.82. The van der Waals surface area contributed by atoms with E-state index < -0.39 is 0 Å². The SMILES string of the molecule is COc1cccc(-c2noc(Cc3ccccc3N)n2)c1. The number of aromatic nitrogens is 2. The molecule has 1 heterocycles. The largest absolute Gasteiger partial charge is 0.497 e. The second-order valence-electron chi connectivity index (χ2n) is 4.62. The molecule has 5 nitrogen and oxygen atoms in total. The first-order valence-electron chi connectivity index (χ1n) is 6.56. The van der Waals surface area contributed by atoms with Gasteiger partial charge in [-0.3, -0.25) is 0 Å². The van der Waals surface area contributed by atoms with Crippen LogP contribution in [0.15, 0.2) is 53.1 Å². The lowest BCUT2D eigenvalue weighted by molar-refractivity contribution is 0.385. The molecule has 1 aromatic heterocycles. The molecule has 2 aromatic carbocycles. The maximum atomic E-state index is 5.92. The number of nitrogens with zero attached hydrogens (tertiary/aromatic N) is 2. The van der Waals surface area contributed by atoms with Gasteiger partial charge in [0, 0.05) is 11.3 Å². The van der Waals surface area contributed by atoms with E-state index in [2.05, 4.69) is 10.1 Å². The summed E-state index contributed by atoms with van der Waals surface area (Å²) in [5, 5.41) is 4.01. The van der Waals surface area contributed by atoms with Crippen LogP contribution in [0.4, 0.5) is 5.69 Å². The summed E-state index contributed by atoms with van der Waals surface area (Å²) in [4.78, 5) is 4.40. The van der Waals surface area contributed by atoms with Gasteiger partial charge in [0.1, 0.15) is 5.75 Å². The van der Waals surface area contributed by atoms with Gasteiger partial charge in [-0.1, -0.05) is 35.5 Å². The Morgan fingerprint density at radius 1 is 1.14 bits per heavy atom. The molecule has 0 saturated carbocycles. The van der Waals surface area contributed by atoms with Gasteiger partial charge in [-0.15, -0.1) is 0 Å². The van der Waals surface area contributed by atoms with Crippen molar-refractivity contribution in [2.45, 2.75) is 6.42 Å². The van der Waals surface area contributed by atoms with Crippen LogP contribution in [0.3, 0.4) is 0 Å². The van der Waals surface area contributed by atoms with Gasteiger partial charge in [0.25, 0.3) is 0 Å². The van der Waals surface area contributed by atoms with Gasteiger partial charge >= 0.3 is 0 Å². The van der Waals surface area contributed by atoms with Crippen LogP contribution in [0.25, 0.3) is 11.4 Å². The van der Waals surface area contributed by atoms with Crippen LogP contribution in [-0.2, 0) is 6.42 Å². The van der Waals surface area contributed by atoms with Gasteiger partial charge in [-0.05, 0) is 23.8 Å². The number of hydrogen-bond donors (Lipinski definition) is 1. The Bertz CT molecular complexity index is 753. The summed E-state index contributed by atoms with van der Waals surface area (Å²) in [6.07, 6.45) is 0.518. The molecule has 0 fully saturated rings. The van der Waals surface area contributed by atoms with E-state index in [0.717, 1.165) is 22.6 Å². The van der Waals surface area contributed by atoms with Gasteiger partial charge in [0.05, 0.1) is 13.5 Å². The average molecular weight is 281 g/mol. The second kappa shape index (κ2) is 5.66. The van der Waals surface area contributed by atoms with Crippen molar-refractivity contribution in [1.29, 1.82) is 0 Å². The maximum Gasteiger partial charge on any atom is 0.231 e. The van der Waals surface area contributed by atoms with E-state index in [9.17, 15) is 0 Å². The van der Waals surface area contributed by atoms with E-state index >= 15 is 0 Å². The minimum Gasteiger partial charge on any atom is -0.497 e. The summed E-state index contributed by atoms with van der Waals surface area (Å²) in [7, 11) is 1.62. The number of rotatable bonds is 4. The average Bonchev–Trinajstić information content (AvgIpc) is 2.98. The summed E-state index contributed by atoms with van der Waals surface area (Å²) < 4.78 is 10.5. The Morgan fingerprint density at radius 2 is 2.00 bits per heavy atom. The quantitative estimate of drug-likeness (QED) is 0.744. The molecule has 5 heteroatoms. The molecule has 0 aliphatic carbocycles. The fraction of sp³-hybridized carbons (Fsp3) is 0.125. The van der Waals surface area contributed by atoms with Crippen LogP contribution in [-0.4, -0.2) is 17.3 Å². The predicted octanol–water partition coefficient (Wildman–Crippen LogP) is 2.92. The molecule has 0 amide bonds. The van der Waals surface area contributed by atoms with E-state index in [4.69, 9.17) is 15.0 Å². The first-order chi connectivity index (χ1) is 10.3. The number of nitrogens with two attached hydrogens (primary N) is 1. The lowest BCUT2D eigenvalue weighted by atomic mass is 10.1. The number of para-hydroxylation sites is 1. The number of hydrogen-bond acceptors (Lipinski definition) is 5. The van der Waals surface area contributed by atoms with Crippen molar-refractivity contribution >= 4 is 5.69 Å². The highest BCUT2D eigenvalue weighted by Crippen LogP contribution is 2.22. The van der Waals surface area contributed by atoms with Crippen LogP contribution in [0.1, 0.15) is 11.5 Å². The first-order valence-corrected chi connectivity index (χ1v) is 6.56. The molecule has 106 valence electrons. The standard InChI is InChI=1S/C16H15N3O2/c1-20-13-7-4-6-12(9-13)16-18-15(21-19-16)10-11-5-2-3-8-14(11)17/h2-9H,10,17H2,1H3. The fourth-order valence-electron chi connectivity index (χ4n) is 2.06. The molecule has 0 radical (unpaired) electrons. The molecule has 3 aromatic rings. The third-order valence-corrected chi connectivity index (χ3v) is 3.19. The van der Waals surface area contributed by atoms with Crippen LogP contribution in [0.2, 0.25) is 0 Å². The minimum atomic E-state index is 0.518. The third kappa shape index (κ3) is 2.86. The Labute approximate surface area is 122 Å². The number of nitrogen functional groups attached to an aromatic ring is 1.